The Labute approximate surface area is 207 Å². The Morgan fingerprint density at radius 2 is 1.34 bits per heavy atom. The molecule has 0 saturated carbocycles. The lowest BCUT2D eigenvalue weighted by Gasteiger charge is -2.39. The van der Waals surface area contributed by atoms with E-state index in [1.807, 2.05) is 30.3 Å². The molecule has 1 aliphatic heterocycles. The highest BCUT2D eigenvalue weighted by Crippen LogP contribution is 2.26. The monoisotopic (exact) mass is 492 g/mol. The summed E-state index contributed by atoms with van der Waals surface area (Å²) in [6.45, 7) is 7.82. The summed E-state index contributed by atoms with van der Waals surface area (Å²) in [6, 6.07) is 23.8. The van der Waals surface area contributed by atoms with Crippen LogP contribution in [-0.4, -0.2) is 31.1 Å². The molecule has 1 fully saturated rings. The first-order chi connectivity index (χ1) is 14.6. The van der Waals surface area contributed by atoms with Crippen molar-refractivity contribution >= 4 is 42.1 Å². The van der Waals surface area contributed by atoms with Crippen LogP contribution >= 0.6 is 36.4 Å². The van der Waals surface area contributed by atoms with Gasteiger partial charge in [-0.1, -0.05) is 54.1 Å². The minimum atomic E-state index is -0.191. The predicted octanol–water partition coefficient (Wildman–Crippen LogP) is 6.96. The van der Waals surface area contributed by atoms with Gasteiger partial charge in [0.05, 0.1) is 6.04 Å². The van der Waals surface area contributed by atoms with Crippen LogP contribution in [-0.2, 0) is 6.42 Å². The molecule has 1 unspecified atom stereocenters. The van der Waals surface area contributed by atoms with Crippen LogP contribution in [0.3, 0.4) is 0 Å². The molecule has 0 amide bonds. The van der Waals surface area contributed by atoms with Gasteiger partial charge in [-0.15, -0.1) is 31.4 Å². The molecule has 1 atom stereocenters. The van der Waals surface area contributed by atoms with E-state index in [0.717, 1.165) is 43.3 Å². The summed E-state index contributed by atoms with van der Waals surface area (Å²) < 4.78 is 13.2. The lowest BCUT2D eigenvalue weighted by atomic mass is 9.99. The van der Waals surface area contributed by atoms with Crippen molar-refractivity contribution in [2.75, 3.05) is 31.1 Å². The third-order valence-corrected chi connectivity index (χ3v) is 6.02. The molecule has 0 spiro atoms. The van der Waals surface area contributed by atoms with E-state index in [1.54, 1.807) is 0 Å². The van der Waals surface area contributed by atoms with Gasteiger partial charge < -0.3 is 4.90 Å². The minimum Gasteiger partial charge on any atom is -0.369 e. The highest BCUT2D eigenvalue weighted by Gasteiger charge is 2.23. The van der Waals surface area contributed by atoms with Gasteiger partial charge in [-0.3, -0.25) is 4.90 Å². The average Bonchev–Trinajstić information content (AvgIpc) is 2.78. The molecule has 0 aromatic heterocycles. The van der Waals surface area contributed by atoms with Crippen LogP contribution < -0.4 is 4.90 Å². The number of nitrogens with zero attached hydrogens (tertiary/aromatic N) is 2. The van der Waals surface area contributed by atoms with Crippen LogP contribution in [0.25, 0.3) is 0 Å². The second kappa shape index (κ2) is 12.3. The van der Waals surface area contributed by atoms with E-state index in [9.17, 15) is 4.39 Å². The molecular formula is C26H28Cl3FN2. The van der Waals surface area contributed by atoms with Crippen molar-refractivity contribution < 1.29 is 4.39 Å². The predicted molar refractivity (Wildman–Crippen MR) is 138 cm³/mol. The van der Waals surface area contributed by atoms with E-state index in [-0.39, 0.29) is 36.7 Å². The van der Waals surface area contributed by atoms with Crippen LogP contribution in [0.15, 0.2) is 85.5 Å². The zero-order valence-corrected chi connectivity index (χ0v) is 20.2. The molecular weight excluding hydrogens is 466 g/mol. The highest BCUT2D eigenvalue weighted by atomic mass is 35.5. The molecule has 1 aliphatic rings. The van der Waals surface area contributed by atoms with Crippen LogP contribution in [0, 0.1) is 5.82 Å². The van der Waals surface area contributed by atoms with Gasteiger partial charge in [-0.05, 0) is 59.5 Å². The molecule has 1 saturated heterocycles. The zero-order valence-electron chi connectivity index (χ0n) is 17.8. The van der Waals surface area contributed by atoms with E-state index in [2.05, 4.69) is 52.8 Å². The molecule has 0 bridgehead atoms. The van der Waals surface area contributed by atoms with Crippen molar-refractivity contribution in [3.63, 3.8) is 0 Å². The Morgan fingerprint density at radius 1 is 0.812 bits per heavy atom. The Hall–Kier alpha value is -2.04. The van der Waals surface area contributed by atoms with Gasteiger partial charge in [0, 0.05) is 36.9 Å². The standard InChI is InChI=1S/C26H26ClFN2.2ClH/c1-2-26(30-17-15-29(16-18-30)25-13-11-24(28)12-14-25)22-7-3-20(4-8-22)19-21-5-9-23(27)10-6-21;;/h2-14,26H,1,15-19H2;2*1H. The molecule has 6 heteroatoms. The molecule has 3 aromatic rings. The molecule has 0 radical (unpaired) electrons. The molecule has 3 aromatic carbocycles. The van der Waals surface area contributed by atoms with Gasteiger partial charge in [0.15, 0.2) is 0 Å². The topological polar surface area (TPSA) is 6.48 Å². The van der Waals surface area contributed by atoms with Crippen molar-refractivity contribution in [1.29, 1.82) is 0 Å². The Kier molecular flexibility index (Phi) is 10.0. The summed E-state index contributed by atoms with van der Waals surface area (Å²) in [6.07, 6.45) is 2.92. The van der Waals surface area contributed by atoms with E-state index in [1.165, 1.54) is 28.8 Å². The van der Waals surface area contributed by atoms with Gasteiger partial charge in [-0.25, -0.2) is 4.39 Å². The number of benzene rings is 3. The lowest BCUT2D eigenvalue weighted by molar-refractivity contribution is 0.218. The summed E-state index contributed by atoms with van der Waals surface area (Å²) in [7, 11) is 0. The maximum Gasteiger partial charge on any atom is 0.123 e. The maximum absolute atomic E-state index is 13.2. The smallest absolute Gasteiger partial charge is 0.123 e. The molecule has 170 valence electrons. The number of halogens is 4. The SMILES string of the molecule is C=CC(c1ccc(Cc2ccc(Cl)cc2)cc1)N1CCN(c2ccc(F)cc2)CC1.Cl.Cl. The highest BCUT2D eigenvalue weighted by molar-refractivity contribution is 6.30. The fraction of sp³-hybridized carbons (Fsp3) is 0.231. The number of hydrogen-bond donors (Lipinski definition) is 0. The summed E-state index contributed by atoms with van der Waals surface area (Å²) >= 11 is 5.98. The number of rotatable bonds is 6. The molecule has 0 aliphatic carbocycles. The van der Waals surface area contributed by atoms with Gasteiger partial charge >= 0.3 is 0 Å². The quantitative estimate of drug-likeness (QED) is 0.342. The zero-order chi connectivity index (χ0) is 20.9. The molecule has 2 nitrogen and oxygen atoms in total. The van der Waals surface area contributed by atoms with Gasteiger partial charge in [0.2, 0.25) is 0 Å². The number of anilines is 1. The van der Waals surface area contributed by atoms with Gasteiger partial charge in [-0.2, -0.15) is 0 Å². The van der Waals surface area contributed by atoms with Crippen molar-refractivity contribution in [2.45, 2.75) is 12.5 Å². The van der Waals surface area contributed by atoms with Gasteiger partial charge in [0.25, 0.3) is 0 Å². The summed E-state index contributed by atoms with van der Waals surface area (Å²) in [5, 5.41) is 0.766. The fourth-order valence-corrected chi connectivity index (χ4v) is 4.20. The van der Waals surface area contributed by atoms with Crippen LogP contribution in [0.5, 0.6) is 0 Å². The Bertz CT molecular complexity index is 967. The summed E-state index contributed by atoms with van der Waals surface area (Å²) in [5.74, 6) is -0.191. The van der Waals surface area contributed by atoms with Crippen LogP contribution in [0.2, 0.25) is 5.02 Å². The first-order valence-electron chi connectivity index (χ1n) is 10.3. The summed E-state index contributed by atoms with van der Waals surface area (Å²) in [4.78, 5) is 4.77. The Morgan fingerprint density at radius 3 is 1.88 bits per heavy atom. The van der Waals surface area contributed by atoms with E-state index in [4.69, 9.17) is 11.6 Å². The average molecular weight is 494 g/mol. The van der Waals surface area contributed by atoms with Crippen molar-refractivity contribution in [1.82, 2.24) is 4.90 Å². The first kappa shape index (κ1) is 26.2. The minimum absolute atomic E-state index is 0. The summed E-state index contributed by atoms with van der Waals surface area (Å²) in [5.41, 5.74) is 4.88. The lowest BCUT2D eigenvalue weighted by Crippen LogP contribution is -2.47. The third-order valence-electron chi connectivity index (χ3n) is 5.77. The Balaban J connectivity index is 0.00000181. The fourth-order valence-electron chi connectivity index (χ4n) is 4.08. The first-order valence-corrected chi connectivity index (χ1v) is 10.7. The molecule has 4 rings (SSSR count). The van der Waals surface area contributed by atoms with E-state index >= 15 is 0 Å². The van der Waals surface area contributed by atoms with Crippen molar-refractivity contribution in [2.24, 2.45) is 0 Å². The molecule has 32 heavy (non-hydrogen) atoms. The molecule has 1 heterocycles. The number of hydrogen-bond acceptors (Lipinski definition) is 2. The van der Waals surface area contributed by atoms with Crippen molar-refractivity contribution in [3.8, 4) is 0 Å². The van der Waals surface area contributed by atoms with Crippen LogP contribution in [0.4, 0.5) is 10.1 Å². The normalized spacial score (nSPS) is 14.8. The number of piperazine rings is 1. The third kappa shape index (κ3) is 6.49. The molecule has 0 N–H and O–H groups in total. The maximum atomic E-state index is 13.2. The second-order valence-corrected chi connectivity index (χ2v) is 8.16. The van der Waals surface area contributed by atoms with E-state index in [0.29, 0.717) is 0 Å². The van der Waals surface area contributed by atoms with Gasteiger partial charge in [0.1, 0.15) is 5.82 Å². The van der Waals surface area contributed by atoms with Crippen molar-refractivity contribution in [3.05, 3.63) is 113 Å². The van der Waals surface area contributed by atoms with Crippen LogP contribution in [0.1, 0.15) is 22.7 Å². The second-order valence-electron chi connectivity index (χ2n) is 7.72. The largest absolute Gasteiger partial charge is 0.369 e. The van der Waals surface area contributed by atoms with E-state index < -0.39 is 0 Å².